The van der Waals surface area contributed by atoms with Crippen LogP contribution in [0, 0.1) is 24.6 Å². The Labute approximate surface area is 307 Å². The van der Waals surface area contributed by atoms with Crippen molar-refractivity contribution in [3.8, 4) is 29.1 Å². The fourth-order valence-corrected chi connectivity index (χ4v) is 8.44. The molecule has 0 bridgehead atoms. The molecular formula is C40H40ClFN8O2. The number of benzene rings is 2. The van der Waals surface area contributed by atoms with Gasteiger partial charge in [0.25, 0.3) is 0 Å². The van der Waals surface area contributed by atoms with E-state index in [9.17, 15) is 4.79 Å². The quantitative estimate of drug-likeness (QED) is 0.168. The molecule has 8 rings (SSSR count). The van der Waals surface area contributed by atoms with Crippen LogP contribution in [0.25, 0.3) is 32.9 Å². The van der Waals surface area contributed by atoms with Crippen molar-refractivity contribution in [2.24, 2.45) is 0 Å². The number of amides is 1. The Morgan fingerprint density at radius 1 is 1.06 bits per heavy atom. The van der Waals surface area contributed by atoms with Gasteiger partial charge in [-0.25, -0.2) is 14.4 Å². The number of aromatic nitrogens is 5. The topological polar surface area (TPSA) is 100 Å². The summed E-state index contributed by atoms with van der Waals surface area (Å²) in [5.41, 5.74) is 1.68. The molecule has 12 heteroatoms. The van der Waals surface area contributed by atoms with E-state index in [1.165, 1.54) is 0 Å². The molecule has 266 valence electrons. The van der Waals surface area contributed by atoms with E-state index in [2.05, 4.69) is 31.7 Å². The standard InChI is InChI=1S/C40H40ClFN8O2/c1-26-43-19-15-28(45-26)11-3-4-14-33(51)49-22-16-29(24-49)48(2)38-31-23-44-36(30-12-5-9-27-10-6-13-32(41)34(27)30)35(42)37(31)46-39(47-38)52-25-40-17-7-20-50(40)21-8-18-40/h5-6,9-10,12-13,15,19,23,29H,7-8,11,14,16-18,20-22,24-25H2,1-2H3. The number of likely N-dealkylation sites (tertiary alicyclic amines) is 1. The SMILES string of the molecule is Cc1nccc(CC#CCC(=O)N2CCC(N(C)c3nc(OCC45CCCN4CCC5)nc4c(F)c(-c5cccc6cccc(Cl)c56)ncc34)C2)n1. The maximum Gasteiger partial charge on any atom is 0.319 e. The van der Waals surface area contributed by atoms with Crippen LogP contribution < -0.4 is 9.64 Å². The lowest BCUT2D eigenvalue weighted by molar-refractivity contribution is -0.129. The Hall–Kier alpha value is -4.92. The van der Waals surface area contributed by atoms with Crippen LogP contribution in [0.5, 0.6) is 6.01 Å². The summed E-state index contributed by atoms with van der Waals surface area (Å²) < 4.78 is 23.3. The van der Waals surface area contributed by atoms with E-state index >= 15 is 4.39 Å². The molecular weight excluding hydrogens is 679 g/mol. The maximum absolute atomic E-state index is 16.9. The third-order valence-electron chi connectivity index (χ3n) is 10.9. The zero-order valence-corrected chi connectivity index (χ0v) is 30.2. The number of likely N-dealkylation sites (N-methyl/N-ethyl adjacent to an activating group) is 1. The van der Waals surface area contributed by atoms with Crippen LogP contribution in [0.2, 0.25) is 5.02 Å². The first-order valence-electron chi connectivity index (χ1n) is 18.0. The van der Waals surface area contributed by atoms with Gasteiger partial charge in [-0.05, 0) is 69.6 Å². The summed E-state index contributed by atoms with van der Waals surface area (Å²) in [6.45, 7) is 5.50. The van der Waals surface area contributed by atoms with Crippen LogP contribution in [0.15, 0.2) is 54.9 Å². The minimum Gasteiger partial charge on any atom is -0.461 e. The molecule has 1 atom stereocenters. The van der Waals surface area contributed by atoms with Crippen LogP contribution in [0.1, 0.15) is 50.0 Å². The first-order valence-corrected chi connectivity index (χ1v) is 18.3. The highest BCUT2D eigenvalue weighted by atomic mass is 35.5. The van der Waals surface area contributed by atoms with Gasteiger partial charge in [0.05, 0.1) is 29.5 Å². The Morgan fingerprint density at radius 3 is 2.67 bits per heavy atom. The number of anilines is 1. The number of fused-ring (bicyclic) bond motifs is 3. The monoisotopic (exact) mass is 718 g/mol. The second-order valence-corrected chi connectivity index (χ2v) is 14.5. The Bertz CT molecular complexity index is 2220. The normalized spacial score (nSPS) is 18.1. The first kappa shape index (κ1) is 34.2. The second-order valence-electron chi connectivity index (χ2n) is 14.1. The molecule has 0 aliphatic carbocycles. The van der Waals surface area contributed by atoms with Gasteiger partial charge < -0.3 is 14.5 Å². The molecule has 1 amide bonds. The van der Waals surface area contributed by atoms with Crippen molar-refractivity contribution < 1.29 is 13.9 Å². The van der Waals surface area contributed by atoms with E-state index in [-0.39, 0.29) is 41.1 Å². The van der Waals surface area contributed by atoms with Gasteiger partial charge in [0.2, 0.25) is 5.91 Å². The minimum absolute atomic E-state index is 0.0260. The summed E-state index contributed by atoms with van der Waals surface area (Å²) in [4.78, 5) is 42.3. The molecule has 0 N–H and O–H groups in total. The largest absolute Gasteiger partial charge is 0.461 e. The number of hydrogen-bond donors (Lipinski definition) is 0. The van der Waals surface area contributed by atoms with E-state index in [1.54, 1.807) is 18.5 Å². The van der Waals surface area contributed by atoms with Gasteiger partial charge in [-0.3, -0.25) is 14.7 Å². The van der Waals surface area contributed by atoms with Crippen LogP contribution >= 0.6 is 11.6 Å². The molecule has 3 fully saturated rings. The van der Waals surface area contributed by atoms with Crippen molar-refractivity contribution in [1.29, 1.82) is 0 Å². The molecule has 0 spiro atoms. The minimum atomic E-state index is -0.563. The summed E-state index contributed by atoms with van der Waals surface area (Å²) in [7, 11) is 1.93. The fraction of sp³-hybridized carbons (Fsp3) is 0.400. The van der Waals surface area contributed by atoms with E-state index in [1.807, 2.05) is 60.2 Å². The van der Waals surface area contributed by atoms with E-state index in [0.717, 1.165) is 61.7 Å². The molecule has 6 heterocycles. The number of nitrogens with zero attached hydrogens (tertiary/aromatic N) is 8. The number of aryl methyl sites for hydroxylation is 1. The number of ether oxygens (including phenoxy) is 1. The summed E-state index contributed by atoms with van der Waals surface area (Å²) in [6.07, 6.45) is 9.06. The van der Waals surface area contributed by atoms with Gasteiger partial charge in [0.1, 0.15) is 29.5 Å². The molecule has 5 aromatic rings. The number of halogens is 2. The van der Waals surface area contributed by atoms with Crippen molar-refractivity contribution in [3.05, 3.63) is 77.2 Å². The average Bonchev–Trinajstić information content (AvgIpc) is 3.90. The molecule has 0 radical (unpaired) electrons. The van der Waals surface area contributed by atoms with Gasteiger partial charge in [0.15, 0.2) is 5.82 Å². The molecule has 0 saturated carbocycles. The van der Waals surface area contributed by atoms with E-state index < -0.39 is 5.82 Å². The van der Waals surface area contributed by atoms with Crippen LogP contribution in [-0.4, -0.2) is 92.0 Å². The third kappa shape index (κ3) is 6.50. The average molecular weight is 719 g/mol. The highest BCUT2D eigenvalue weighted by Gasteiger charge is 2.45. The van der Waals surface area contributed by atoms with Gasteiger partial charge >= 0.3 is 6.01 Å². The van der Waals surface area contributed by atoms with Crippen molar-refractivity contribution in [1.82, 2.24) is 34.7 Å². The maximum atomic E-state index is 16.9. The lowest BCUT2D eigenvalue weighted by atomic mass is 9.95. The van der Waals surface area contributed by atoms with Gasteiger partial charge in [-0.2, -0.15) is 9.97 Å². The lowest BCUT2D eigenvalue weighted by Crippen LogP contribution is -2.43. The number of carbonyl (C=O) groups excluding carboxylic acids is 1. The molecule has 2 aromatic carbocycles. The molecule has 3 aliphatic rings. The smallest absolute Gasteiger partial charge is 0.319 e. The highest BCUT2D eigenvalue weighted by molar-refractivity contribution is 6.36. The first-order chi connectivity index (χ1) is 25.3. The molecule has 1 unspecified atom stereocenters. The third-order valence-corrected chi connectivity index (χ3v) is 11.2. The van der Waals surface area contributed by atoms with Gasteiger partial charge in [-0.1, -0.05) is 53.8 Å². The van der Waals surface area contributed by atoms with Crippen LogP contribution in [0.3, 0.4) is 0 Å². The Balaban J connectivity index is 1.08. The number of hydrogen-bond acceptors (Lipinski definition) is 9. The van der Waals surface area contributed by atoms with Gasteiger partial charge in [0, 0.05) is 54.5 Å². The van der Waals surface area contributed by atoms with Crippen molar-refractivity contribution >= 4 is 45.0 Å². The molecule has 10 nitrogen and oxygen atoms in total. The Kier molecular flexibility index (Phi) is 9.36. The summed E-state index contributed by atoms with van der Waals surface area (Å²) in [5.74, 6) is 6.70. The van der Waals surface area contributed by atoms with Crippen molar-refractivity contribution in [2.75, 3.05) is 44.7 Å². The highest BCUT2D eigenvalue weighted by Crippen LogP contribution is 2.40. The number of pyridine rings is 1. The van der Waals surface area contributed by atoms with Crippen molar-refractivity contribution in [3.63, 3.8) is 0 Å². The number of carbonyl (C=O) groups is 1. The number of rotatable bonds is 8. The lowest BCUT2D eigenvalue weighted by Gasteiger charge is -2.31. The predicted octanol–water partition coefficient (Wildman–Crippen LogP) is 6.42. The fourth-order valence-electron chi connectivity index (χ4n) is 8.16. The van der Waals surface area contributed by atoms with E-state index in [4.69, 9.17) is 26.3 Å². The van der Waals surface area contributed by atoms with E-state index in [0.29, 0.717) is 53.7 Å². The molecule has 52 heavy (non-hydrogen) atoms. The van der Waals surface area contributed by atoms with Gasteiger partial charge in [-0.15, -0.1) is 0 Å². The summed E-state index contributed by atoms with van der Waals surface area (Å²) in [5, 5.41) is 2.61. The molecule has 3 aromatic heterocycles. The zero-order valence-electron chi connectivity index (χ0n) is 29.4. The summed E-state index contributed by atoms with van der Waals surface area (Å²) in [6, 6.07) is 13.2. The molecule has 3 aliphatic heterocycles. The van der Waals surface area contributed by atoms with Crippen LogP contribution in [-0.2, 0) is 11.2 Å². The molecule has 3 saturated heterocycles. The summed E-state index contributed by atoms with van der Waals surface area (Å²) >= 11 is 6.65. The van der Waals surface area contributed by atoms with Crippen molar-refractivity contribution in [2.45, 2.75) is 63.5 Å². The van der Waals surface area contributed by atoms with Crippen LogP contribution in [0.4, 0.5) is 10.2 Å². The zero-order chi connectivity index (χ0) is 35.8. The predicted molar refractivity (Wildman–Crippen MR) is 200 cm³/mol. The second kappa shape index (κ2) is 14.2. The Morgan fingerprint density at radius 2 is 1.87 bits per heavy atom.